The number of sulfonamides is 1. The molecular weight excluding hydrogens is 272 g/mol. The number of rotatable bonds is 3. The van der Waals surface area contributed by atoms with Crippen molar-refractivity contribution < 1.29 is 8.42 Å². The predicted molar refractivity (Wildman–Crippen MR) is 77.9 cm³/mol. The molecule has 102 valence electrons. The normalized spacial score (nSPS) is 10.8. The summed E-state index contributed by atoms with van der Waals surface area (Å²) in [5.74, 6) is 0. The third kappa shape index (κ3) is 2.51. The van der Waals surface area contributed by atoms with Crippen LogP contribution in [0.3, 0.4) is 0 Å². The van der Waals surface area contributed by atoms with Gasteiger partial charge in [-0.05, 0) is 31.2 Å². The van der Waals surface area contributed by atoms with E-state index in [1.54, 1.807) is 48.5 Å². The van der Waals surface area contributed by atoms with E-state index >= 15 is 0 Å². The smallest absolute Gasteiger partial charge is 0.264 e. The molecule has 0 aliphatic rings. The first-order chi connectivity index (χ1) is 9.46. The van der Waals surface area contributed by atoms with Crippen LogP contribution in [0, 0.1) is 18.3 Å². The lowest BCUT2D eigenvalue weighted by molar-refractivity contribution is 0.594. The maximum atomic E-state index is 12.5. The molecule has 2 aromatic rings. The lowest BCUT2D eigenvalue weighted by Crippen LogP contribution is -2.27. The van der Waals surface area contributed by atoms with Crippen molar-refractivity contribution in [3.05, 3.63) is 59.7 Å². The monoisotopic (exact) mass is 286 g/mol. The molecule has 0 spiro atoms. The zero-order chi connectivity index (χ0) is 14.8. The molecule has 0 fully saturated rings. The van der Waals surface area contributed by atoms with E-state index in [0.717, 1.165) is 9.87 Å². The Balaban J connectivity index is 2.49. The highest BCUT2D eigenvalue weighted by Crippen LogP contribution is 2.25. The fourth-order valence-electron chi connectivity index (χ4n) is 1.84. The molecule has 0 aromatic heterocycles. The first-order valence-electron chi connectivity index (χ1n) is 6.01. The van der Waals surface area contributed by atoms with Crippen LogP contribution in [-0.4, -0.2) is 15.5 Å². The molecule has 0 saturated heterocycles. The lowest BCUT2D eigenvalue weighted by atomic mass is 10.2. The van der Waals surface area contributed by atoms with Crippen molar-refractivity contribution in [3.63, 3.8) is 0 Å². The second-order valence-corrected chi connectivity index (χ2v) is 6.38. The molecule has 0 N–H and O–H groups in total. The number of nitriles is 1. The molecule has 0 radical (unpaired) electrons. The Bertz CT molecular complexity index is 759. The molecule has 20 heavy (non-hydrogen) atoms. The van der Waals surface area contributed by atoms with Crippen molar-refractivity contribution >= 4 is 15.7 Å². The summed E-state index contributed by atoms with van der Waals surface area (Å²) >= 11 is 0. The Morgan fingerprint density at radius 3 is 2.25 bits per heavy atom. The van der Waals surface area contributed by atoms with Crippen LogP contribution in [-0.2, 0) is 10.0 Å². The van der Waals surface area contributed by atoms with E-state index in [1.165, 1.54) is 7.05 Å². The Labute approximate surface area is 118 Å². The number of hydrogen-bond donors (Lipinski definition) is 0. The van der Waals surface area contributed by atoms with Gasteiger partial charge >= 0.3 is 0 Å². The maximum absolute atomic E-state index is 12.5. The summed E-state index contributed by atoms with van der Waals surface area (Å²) in [6, 6.07) is 15.2. The quantitative estimate of drug-likeness (QED) is 0.871. The first-order valence-corrected chi connectivity index (χ1v) is 7.45. The molecule has 4 nitrogen and oxygen atoms in total. The second kappa shape index (κ2) is 5.35. The molecule has 0 aliphatic carbocycles. The first kappa shape index (κ1) is 14.1. The van der Waals surface area contributed by atoms with Crippen molar-refractivity contribution in [2.45, 2.75) is 11.8 Å². The van der Waals surface area contributed by atoms with Crippen LogP contribution in [0.15, 0.2) is 53.4 Å². The summed E-state index contributed by atoms with van der Waals surface area (Å²) in [5.41, 5.74) is 1.69. The van der Waals surface area contributed by atoms with Gasteiger partial charge in [0.25, 0.3) is 10.0 Å². The van der Waals surface area contributed by atoms with Crippen LogP contribution < -0.4 is 4.31 Å². The highest BCUT2D eigenvalue weighted by molar-refractivity contribution is 7.92. The zero-order valence-electron chi connectivity index (χ0n) is 11.2. The summed E-state index contributed by atoms with van der Waals surface area (Å²) in [5, 5.41) is 9.07. The van der Waals surface area contributed by atoms with E-state index in [0.29, 0.717) is 11.3 Å². The molecule has 0 aliphatic heterocycles. The van der Waals surface area contributed by atoms with E-state index in [1.807, 2.05) is 13.0 Å². The summed E-state index contributed by atoms with van der Waals surface area (Å²) in [4.78, 5) is 0.207. The highest BCUT2D eigenvalue weighted by atomic mass is 32.2. The maximum Gasteiger partial charge on any atom is 0.264 e. The minimum absolute atomic E-state index is 0.207. The number of aryl methyl sites for hydroxylation is 1. The van der Waals surface area contributed by atoms with Crippen molar-refractivity contribution in [2.24, 2.45) is 0 Å². The van der Waals surface area contributed by atoms with Crippen LogP contribution in [0.25, 0.3) is 0 Å². The van der Waals surface area contributed by atoms with E-state index in [2.05, 4.69) is 0 Å². The Morgan fingerprint density at radius 2 is 1.65 bits per heavy atom. The molecule has 0 atom stereocenters. The third-order valence-corrected chi connectivity index (χ3v) is 4.83. The minimum Gasteiger partial charge on any atom is -0.268 e. The van der Waals surface area contributed by atoms with Gasteiger partial charge in [-0.2, -0.15) is 5.26 Å². The van der Waals surface area contributed by atoms with Crippen LogP contribution in [0.2, 0.25) is 0 Å². The summed E-state index contributed by atoms with van der Waals surface area (Å²) in [6.45, 7) is 1.89. The topological polar surface area (TPSA) is 61.2 Å². The van der Waals surface area contributed by atoms with Gasteiger partial charge in [-0.15, -0.1) is 0 Å². The molecule has 2 aromatic carbocycles. The summed E-state index contributed by atoms with van der Waals surface area (Å²) in [7, 11) is -2.21. The van der Waals surface area contributed by atoms with E-state index in [-0.39, 0.29) is 4.90 Å². The van der Waals surface area contributed by atoms with Crippen molar-refractivity contribution in [1.29, 1.82) is 5.26 Å². The van der Waals surface area contributed by atoms with Gasteiger partial charge in [0.15, 0.2) is 0 Å². The lowest BCUT2D eigenvalue weighted by Gasteiger charge is -2.20. The zero-order valence-corrected chi connectivity index (χ0v) is 12.1. The van der Waals surface area contributed by atoms with Gasteiger partial charge in [0.2, 0.25) is 0 Å². The van der Waals surface area contributed by atoms with Gasteiger partial charge in [0.05, 0.1) is 16.1 Å². The number of hydrogen-bond acceptors (Lipinski definition) is 3. The number of benzene rings is 2. The molecule has 0 unspecified atom stereocenters. The fourth-order valence-corrected chi connectivity index (χ4v) is 3.06. The van der Waals surface area contributed by atoms with Gasteiger partial charge in [0.1, 0.15) is 6.07 Å². The van der Waals surface area contributed by atoms with Gasteiger partial charge in [-0.3, -0.25) is 4.31 Å². The number of para-hydroxylation sites is 1. The number of nitrogens with zero attached hydrogens (tertiary/aromatic N) is 2. The SMILES string of the molecule is Cc1ccc(S(=O)(=O)N(C)c2ccccc2C#N)cc1. The predicted octanol–water partition coefficient (Wildman–Crippen LogP) is 2.69. The average Bonchev–Trinajstić information content (AvgIpc) is 2.46. The van der Waals surface area contributed by atoms with E-state index in [4.69, 9.17) is 5.26 Å². The van der Waals surface area contributed by atoms with Crippen molar-refractivity contribution in [3.8, 4) is 6.07 Å². The third-order valence-electron chi connectivity index (χ3n) is 3.04. The standard InChI is InChI=1S/C15H14N2O2S/c1-12-7-9-14(10-8-12)20(18,19)17(2)15-6-4-3-5-13(15)11-16/h3-10H,1-2H3. The number of anilines is 1. The highest BCUT2D eigenvalue weighted by Gasteiger charge is 2.22. The van der Waals surface area contributed by atoms with Crippen LogP contribution >= 0.6 is 0 Å². The molecule has 0 saturated carbocycles. The molecule has 0 amide bonds. The summed E-state index contributed by atoms with van der Waals surface area (Å²) < 4.78 is 26.2. The Kier molecular flexibility index (Phi) is 3.77. The van der Waals surface area contributed by atoms with Crippen LogP contribution in [0.1, 0.15) is 11.1 Å². The minimum atomic E-state index is -3.66. The van der Waals surface area contributed by atoms with E-state index in [9.17, 15) is 8.42 Å². The second-order valence-electron chi connectivity index (χ2n) is 4.41. The molecular formula is C15H14N2O2S. The fraction of sp³-hybridized carbons (Fsp3) is 0.133. The van der Waals surface area contributed by atoms with E-state index < -0.39 is 10.0 Å². The molecule has 2 rings (SSSR count). The van der Waals surface area contributed by atoms with Crippen molar-refractivity contribution in [2.75, 3.05) is 11.4 Å². The average molecular weight is 286 g/mol. The van der Waals surface area contributed by atoms with Gasteiger partial charge in [-0.25, -0.2) is 8.42 Å². The largest absolute Gasteiger partial charge is 0.268 e. The Morgan fingerprint density at radius 1 is 1.05 bits per heavy atom. The van der Waals surface area contributed by atoms with Gasteiger partial charge in [0, 0.05) is 7.05 Å². The summed E-state index contributed by atoms with van der Waals surface area (Å²) in [6.07, 6.45) is 0. The molecule has 5 heteroatoms. The molecule has 0 heterocycles. The van der Waals surface area contributed by atoms with Gasteiger partial charge in [-0.1, -0.05) is 29.8 Å². The molecule has 0 bridgehead atoms. The van der Waals surface area contributed by atoms with Crippen LogP contribution in [0.5, 0.6) is 0 Å². The Hall–Kier alpha value is -2.32. The van der Waals surface area contributed by atoms with Crippen molar-refractivity contribution in [1.82, 2.24) is 0 Å². The van der Waals surface area contributed by atoms with Gasteiger partial charge < -0.3 is 0 Å². The van der Waals surface area contributed by atoms with Crippen LogP contribution in [0.4, 0.5) is 5.69 Å².